The molecule has 110 valence electrons. The molecule has 1 aliphatic heterocycles. The van der Waals surface area contributed by atoms with Gasteiger partial charge in [0.2, 0.25) is 5.91 Å². The number of ether oxygens (including phenoxy) is 1. The molecule has 4 nitrogen and oxygen atoms in total. The van der Waals surface area contributed by atoms with E-state index in [-0.39, 0.29) is 11.9 Å². The second kappa shape index (κ2) is 6.97. The van der Waals surface area contributed by atoms with Crippen molar-refractivity contribution in [2.75, 3.05) is 25.5 Å². The van der Waals surface area contributed by atoms with E-state index in [0.29, 0.717) is 0 Å². The fourth-order valence-corrected chi connectivity index (χ4v) is 3.00. The fourth-order valence-electron chi connectivity index (χ4n) is 2.46. The largest absolute Gasteiger partial charge is 0.496 e. The van der Waals surface area contributed by atoms with Crippen LogP contribution in [0.1, 0.15) is 26.2 Å². The van der Waals surface area contributed by atoms with E-state index in [9.17, 15) is 4.79 Å². The first-order valence-electron chi connectivity index (χ1n) is 7.00. The number of nitrogens with one attached hydrogen (secondary N) is 1. The number of nitrogens with zero attached hydrogens (tertiary/aromatic N) is 1. The standard InChI is InChI=1S/C15H21BrN2O2/c1-11(15(19)18-8-4-3-5-9-18)17-12-6-7-14(20-2)13(16)10-12/h6-7,10-11,17H,3-5,8-9H2,1-2H3. The number of amides is 1. The maximum absolute atomic E-state index is 12.3. The Kier molecular flexibility index (Phi) is 5.29. The molecule has 2 rings (SSSR count). The zero-order valence-electron chi connectivity index (χ0n) is 12.0. The zero-order chi connectivity index (χ0) is 14.5. The summed E-state index contributed by atoms with van der Waals surface area (Å²) in [7, 11) is 1.63. The Morgan fingerprint density at radius 3 is 2.65 bits per heavy atom. The van der Waals surface area contributed by atoms with E-state index in [4.69, 9.17) is 4.74 Å². The molecule has 0 bridgehead atoms. The minimum Gasteiger partial charge on any atom is -0.496 e. The molecule has 1 fully saturated rings. The summed E-state index contributed by atoms with van der Waals surface area (Å²) in [5.74, 6) is 0.960. The lowest BCUT2D eigenvalue weighted by atomic mass is 10.1. The molecule has 0 saturated carbocycles. The number of likely N-dealkylation sites (tertiary alicyclic amines) is 1. The van der Waals surface area contributed by atoms with Gasteiger partial charge in [-0.15, -0.1) is 0 Å². The third-order valence-corrected chi connectivity index (χ3v) is 4.19. The number of hydrogen-bond acceptors (Lipinski definition) is 3. The van der Waals surface area contributed by atoms with E-state index in [1.807, 2.05) is 30.0 Å². The molecule has 1 aromatic rings. The molecule has 1 saturated heterocycles. The van der Waals surface area contributed by atoms with Crippen molar-refractivity contribution in [3.05, 3.63) is 22.7 Å². The zero-order valence-corrected chi connectivity index (χ0v) is 13.6. The van der Waals surface area contributed by atoms with Crippen LogP contribution in [-0.2, 0) is 4.79 Å². The second-order valence-electron chi connectivity index (χ2n) is 5.10. The molecular formula is C15H21BrN2O2. The van der Waals surface area contributed by atoms with Gasteiger partial charge in [0, 0.05) is 18.8 Å². The van der Waals surface area contributed by atoms with E-state index in [2.05, 4.69) is 21.2 Å². The Hall–Kier alpha value is -1.23. The molecule has 1 unspecified atom stereocenters. The van der Waals surface area contributed by atoms with Gasteiger partial charge >= 0.3 is 0 Å². The summed E-state index contributed by atoms with van der Waals surface area (Å²) in [5, 5.41) is 3.25. The van der Waals surface area contributed by atoms with Crippen molar-refractivity contribution in [1.82, 2.24) is 4.90 Å². The second-order valence-corrected chi connectivity index (χ2v) is 5.96. The highest BCUT2D eigenvalue weighted by molar-refractivity contribution is 9.10. The van der Waals surface area contributed by atoms with Gasteiger partial charge in [0.1, 0.15) is 11.8 Å². The van der Waals surface area contributed by atoms with E-state index < -0.39 is 0 Å². The number of rotatable bonds is 4. The van der Waals surface area contributed by atoms with E-state index >= 15 is 0 Å². The van der Waals surface area contributed by atoms with Crippen molar-refractivity contribution in [3.63, 3.8) is 0 Å². The highest BCUT2D eigenvalue weighted by Crippen LogP contribution is 2.28. The number of methoxy groups -OCH3 is 1. The fraction of sp³-hybridized carbons (Fsp3) is 0.533. The van der Waals surface area contributed by atoms with Crippen LogP contribution in [0.5, 0.6) is 5.75 Å². The molecule has 0 aromatic heterocycles. The lowest BCUT2D eigenvalue weighted by Gasteiger charge is -2.29. The molecule has 1 N–H and O–H groups in total. The number of benzene rings is 1. The highest BCUT2D eigenvalue weighted by Gasteiger charge is 2.22. The van der Waals surface area contributed by atoms with Crippen molar-refractivity contribution < 1.29 is 9.53 Å². The Morgan fingerprint density at radius 2 is 2.05 bits per heavy atom. The first kappa shape index (κ1) is 15.2. The monoisotopic (exact) mass is 340 g/mol. The first-order chi connectivity index (χ1) is 9.61. The van der Waals surface area contributed by atoms with E-state index in [1.54, 1.807) is 7.11 Å². The summed E-state index contributed by atoms with van der Waals surface area (Å²) in [6.07, 6.45) is 3.47. The maximum Gasteiger partial charge on any atom is 0.244 e. The maximum atomic E-state index is 12.3. The van der Waals surface area contributed by atoms with E-state index in [0.717, 1.165) is 41.8 Å². The summed E-state index contributed by atoms with van der Waals surface area (Å²) in [4.78, 5) is 14.3. The van der Waals surface area contributed by atoms with Gasteiger partial charge in [0.25, 0.3) is 0 Å². The van der Waals surface area contributed by atoms with Crippen LogP contribution in [0.15, 0.2) is 22.7 Å². The third kappa shape index (κ3) is 3.66. The van der Waals surface area contributed by atoms with Crippen molar-refractivity contribution in [1.29, 1.82) is 0 Å². The van der Waals surface area contributed by atoms with Gasteiger partial charge in [-0.25, -0.2) is 0 Å². The Labute approximate surface area is 128 Å². The molecule has 1 heterocycles. The molecule has 0 aliphatic carbocycles. The SMILES string of the molecule is COc1ccc(NC(C)C(=O)N2CCCCC2)cc1Br. The van der Waals surface area contributed by atoms with E-state index in [1.165, 1.54) is 6.42 Å². The van der Waals surface area contributed by atoms with Gasteiger partial charge < -0.3 is 15.0 Å². The van der Waals surface area contributed by atoms with Gasteiger partial charge in [-0.2, -0.15) is 0 Å². The van der Waals surface area contributed by atoms with Gasteiger partial charge in [-0.1, -0.05) is 0 Å². The number of halogens is 1. The van der Waals surface area contributed by atoms with Crippen molar-refractivity contribution >= 4 is 27.5 Å². The highest BCUT2D eigenvalue weighted by atomic mass is 79.9. The summed E-state index contributed by atoms with van der Waals surface area (Å²) < 4.78 is 6.08. The average molecular weight is 341 g/mol. The Bertz CT molecular complexity index is 473. The molecule has 0 spiro atoms. The van der Waals surface area contributed by atoms with Crippen LogP contribution in [0.2, 0.25) is 0 Å². The molecular weight excluding hydrogens is 320 g/mol. The van der Waals surface area contributed by atoms with Crippen molar-refractivity contribution in [3.8, 4) is 5.75 Å². The summed E-state index contributed by atoms with van der Waals surface area (Å²) in [5.41, 5.74) is 0.913. The van der Waals surface area contributed by atoms with Gasteiger partial charge in [-0.05, 0) is 60.3 Å². The molecule has 20 heavy (non-hydrogen) atoms. The third-order valence-electron chi connectivity index (χ3n) is 3.57. The predicted octanol–water partition coefficient (Wildman–Crippen LogP) is 3.27. The predicted molar refractivity (Wildman–Crippen MR) is 84.2 cm³/mol. The lowest BCUT2D eigenvalue weighted by Crippen LogP contribution is -2.43. The number of anilines is 1. The van der Waals surface area contributed by atoms with Crippen LogP contribution >= 0.6 is 15.9 Å². The number of carbonyl (C=O) groups excluding carboxylic acids is 1. The summed E-state index contributed by atoms with van der Waals surface area (Å²) in [6.45, 7) is 3.68. The van der Waals surface area contributed by atoms with Crippen molar-refractivity contribution in [2.45, 2.75) is 32.2 Å². The topological polar surface area (TPSA) is 41.6 Å². The summed E-state index contributed by atoms with van der Waals surface area (Å²) in [6, 6.07) is 5.51. The molecule has 1 aliphatic rings. The molecule has 0 radical (unpaired) electrons. The molecule has 1 amide bonds. The number of piperidine rings is 1. The minimum absolute atomic E-state index is 0.177. The van der Waals surface area contributed by atoms with Crippen LogP contribution < -0.4 is 10.1 Å². The first-order valence-corrected chi connectivity index (χ1v) is 7.80. The Balaban J connectivity index is 1.98. The normalized spacial score (nSPS) is 16.6. The van der Waals surface area contributed by atoms with Crippen molar-refractivity contribution in [2.24, 2.45) is 0 Å². The smallest absolute Gasteiger partial charge is 0.244 e. The average Bonchev–Trinajstić information content (AvgIpc) is 2.47. The minimum atomic E-state index is -0.214. The van der Waals surface area contributed by atoms with Gasteiger partial charge in [0.05, 0.1) is 11.6 Å². The number of hydrogen-bond donors (Lipinski definition) is 1. The van der Waals surface area contributed by atoms with Crippen LogP contribution in [0.3, 0.4) is 0 Å². The van der Waals surface area contributed by atoms with Crippen LogP contribution in [0.4, 0.5) is 5.69 Å². The van der Waals surface area contributed by atoms with Crippen LogP contribution in [-0.4, -0.2) is 37.0 Å². The van der Waals surface area contributed by atoms with Gasteiger partial charge in [0.15, 0.2) is 0 Å². The number of carbonyl (C=O) groups is 1. The summed E-state index contributed by atoms with van der Waals surface area (Å²) >= 11 is 3.45. The quantitative estimate of drug-likeness (QED) is 0.914. The van der Waals surface area contributed by atoms with Crippen LogP contribution in [0.25, 0.3) is 0 Å². The Morgan fingerprint density at radius 1 is 1.35 bits per heavy atom. The molecule has 5 heteroatoms. The van der Waals surface area contributed by atoms with Crippen LogP contribution in [0, 0.1) is 0 Å². The van der Waals surface area contributed by atoms with Gasteiger partial charge in [-0.3, -0.25) is 4.79 Å². The molecule has 1 aromatic carbocycles. The lowest BCUT2D eigenvalue weighted by molar-refractivity contribution is -0.132. The molecule has 1 atom stereocenters.